The van der Waals surface area contributed by atoms with Crippen LogP contribution in [0, 0.1) is 13.8 Å². The Balaban J connectivity index is 2.26. The lowest BCUT2D eigenvalue weighted by Gasteiger charge is -2.14. The standard InChI is InChI=1S/C12H18F3NOS/c1-8-6-11(10(3)18-8)9(2)16-4-5-17-7-12(13,14)15/h6,9,16H,4-5,7H2,1-3H3. The van der Waals surface area contributed by atoms with Crippen molar-refractivity contribution < 1.29 is 17.9 Å². The van der Waals surface area contributed by atoms with Crippen LogP contribution in [0.1, 0.15) is 28.3 Å². The summed E-state index contributed by atoms with van der Waals surface area (Å²) >= 11 is 1.72. The fourth-order valence-corrected chi connectivity index (χ4v) is 2.75. The predicted octanol–water partition coefficient (Wildman–Crippen LogP) is 3.59. The van der Waals surface area contributed by atoms with E-state index in [-0.39, 0.29) is 12.6 Å². The van der Waals surface area contributed by atoms with Crippen molar-refractivity contribution in [2.75, 3.05) is 19.8 Å². The number of hydrogen-bond acceptors (Lipinski definition) is 3. The third-order valence-electron chi connectivity index (χ3n) is 2.51. The van der Waals surface area contributed by atoms with E-state index in [1.165, 1.54) is 15.3 Å². The van der Waals surface area contributed by atoms with Gasteiger partial charge in [-0.15, -0.1) is 11.3 Å². The summed E-state index contributed by atoms with van der Waals surface area (Å²) in [5.41, 5.74) is 1.20. The zero-order valence-corrected chi connectivity index (χ0v) is 11.5. The highest BCUT2D eigenvalue weighted by Gasteiger charge is 2.27. The Morgan fingerprint density at radius 3 is 2.56 bits per heavy atom. The number of alkyl halides is 3. The van der Waals surface area contributed by atoms with Crippen LogP contribution in [0.2, 0.25) is 0 Å². The SMILES string of the molecule is Cc1cc(C(C)NCCOCC(F)(F)F)c(C)s1. The molecule has 0 saturated heterocycles. The Morgan fingerprint density at radius 1 is 1.39 bits per heavy atom. The van der Waals surface area contributed by atoms with Gasteiger partial charge in [0.2, 0.25) is 0 Å². The van der Waals surface area contributed by atoms with Crippen LogP contribution in [-0.4, -0.2) is 25.9 Å². The highest BCUT2D eigenvalue weighted by atomic mass is 32.1. The first-order chi connectivity index (χ1) is 8.29. The molecule has 2 nitrogen and oxygen atoms in total. The van der Waals surface area contributed by atoms with Gasteiger partial charge in [-0.25, -0.2) is 0 Å². The molecule has 1 heterocycles. The summed E-state index contributed by atoms with van der Waals surface area (Å²) in [5, 5.41) is 3.15. The number of hydrogen-bond donors (Lipinski definition) is 1. The third-order valence-corrected chi connectivity index (χ3v) is 3.49. The Labute approximate surface area is 109 Å². The van der Waals surface area contributed by atoms with E-state index in [0.717, 1.165) is 0 Å². The molecule has 1 unspecified atom stereocenters. The molecule has 1 rings (SSSR count). The molecule has 104 valence electrons. The Kier molecular flexibility index (Phi) is 5.62. The van der Waals surface area contributed by atoms with Crippen molar-refractivity contribution in [2.24, 2.45) is 0 Å². The lowest BCUT2D eigenvalue weighted by Crippen LogP contribution is -2.26. The van der Waals surface area contributed by atoms with Crippen molar-refractivity contribution in [3.05, 3.63) is 21.4 Å². The van der Waals surface area contributed by atoms with Gasteiger partial charge in [0.25, 0.3) is 0 Å². The van der Waals surface area contributed by atoms with Gasteiger partial charge in [0.05, 0.1) is 6.61 Å². The van der Waals surface area contributed by atoms with Crippen LogP contribution in [0.4, 0.5) is 13.2 Å². The Hall–Kier alpha value is -0.590. The quantitative estimate of drug-likeness (QED) is 0.805. The first kappa shape index (κ1) is 15.5. The van der Waals surface area contributed by atoms with Crippen LogP contribution in [0.25, 0.3) is 0 Å². The van der Waals surface area contributed by atoms with Gasteiger partial charge in [-0.05, 0) is 32.4 Å². The van der Waals surface area contributed by atoms with E-state index in [1.54, 1.807) is 11.3 Å². The lowest BCUT2D eigenvalue weighted by molar-refractivity contribution is -0.173. The number of thiophene rings is 1. The largest absolute Gasteiger partial charge is 0.411 e. The second-order valence-corrected chi connectivity index (χ2v) is 5.67. The van der Waals surface area contributed by atoms with Crippen molar-refractivity contribution in [3.8, 4) is 0 Å². The van der Waals surface area contributed by atoms with Gasteiger partial charge >= 0.3 is 6.18 Å². The van der Waals surface area contributed by atoms with Crippen LogP contribution in [-0.2, 0) is 4.74 Å². The van der Waals surface area contributed by atoms with Gasteiger partial charge in [0.1, 0.15) is 6.61 Å². The fourth-order valence-electron chi connectivity index (χ4n) is 1.73. The van der Waals surface area contributed by atoms with Crippen LogP contribution in [0.3, 0.4) is 0 Å². The molecule has 0 aliphatic carbocycles. The maximum atomic E-state index is 11.8. The summed E-state index contributed by atoms with van der Waals surface area (Å²) in [5.74, 6) is 0. The van der Waals surface area contributed by atoms with Gasteiger partial charge in [-0.1, -0.05) is 0 Å². The fraction of sp³-hybridized carbons (Fsp3) is 0.667. The number of halogens is 3. The molecular formula is C12H18F3NOS. The first-order valence-electron chi connectivity index (χ1n) is 5.74. The number of aryl methyl sites for hydroxylation is 2. The van der Waals surface area contributed by atoms with Gasteiger partial charge in [-0.3, -0.25) is 0 Å². The van der Waals surface area contributed by atoms with E-state index < -0.39 is 12.8 Å². The smallest absolute Gasteiger partial charge is 0.371 e. The molecule has 0 bridgehead atoms. The minimum absolute atomic E-state index is 0.0615. The molecule has 0 aliphatic rings. The van der Waals surface area contributed by atoms with E-state index in [4.69, 9.17) is 0 Å². The van der Waals surface area contributed by atoms with Gasteiger partial charge < -0.3 is 10.1 Å². The Bertz CT molecular complexity index is 376. The molecule has 0 fully saturated rings. The average Bonchev–Trinajstić information content (AvgIpc) is 2.55. The molecule has 0 aliphatic heterocycles. The van der Waals surface area contributed by atoms with Crippen LogP contribution in [0.15, 0.2) is 6.07 Å². The van der Waals surface area contributed by atoms with Crippen LogP contribution < -0.4 is 5.32 Å². The van der Waals surface area contributed by atoms with Gasteiger partial charge in [0.15, 0.2) is 0 Å². The summed E-state index contributed by atoms with van der Waals surface area (Å²) in [6.45, 7) is 5.38. The Morgan fingerprint density at radius 2 is 2.06 bits per heavy atom. The molecule has 1 aromatic heterocycles. The predicted molar refractivity (Wildman–Crippen MR) is 67.1 cm³/mol. The molecule has 0 saturated carbocycles. The average molecular weight is 281 g/mol. The second kappa shape index (κ2) is 6.54. The summed E-state index contributed by atoms with van der Waals surface area (Å²) in [7, 11) is 0. The maximum Gasteiger partial charge on any atom is 0.411 e. The highest BCUT2D eigenvalue weighted by Crippen LogP contribution is 2.25. The normalized spacial score (nSPS) is 13.9. The molecule has 0 amide bonds. The van der Waals surface area contributed by atoms with E-state index in [2.05, 4.69) is 16.1 Å². The second-order valence-electron chi connectivity index (χ2n) is 4.21. The van der Waals surface area contributed by atoms with Crippen molar-refractivity contribution in [3.63, 3.8) is 0 Å². The number of nitrogens with one attached hydrogen (secondary N) is 1. The summed E-state index contributed by atoms with van der Waals surface area (Å²) in [6, 6.07) is 2.23. The van der Waals surface area contributed by atoms with Crippen molar-refractivity contribution in [1.82, 2.24) is 5.32 Å². The minimum Gasteiger partial charge on any atom is -0.371 e. The summed E-state index contributed by atoms with van der Waals surface area (Å²) in [4.78, 5) is 2.48. The molecule has 18 heavy (non-hydrogen) atoms. The van der Waals surface area contributed by atoms with Gasteiger partial charge in [-0.2, -0.15) is 13.2 Å². The van der Waals surface area contributed by atoms with E-state index in [0.29, 0.717) is 6.54 Å². The van der Waals surface area contributed by atoms with E-state index >= 15 is 0 Å². The maximum absolute atomic E-state index is 11.8. The van der Waals surface area contributed by atoms with Crippen LogP contribution >= 0.6 is 11.3 Å². The zero-order chi connectivity index (χ0) is 13.8. The molecule has 0 radical (unpaired) electrons. The summed E-state index contributed by atoms with van der Waals surface area (Å²) in [6.07, 6.45) is -4.24. The monoisotopic (exact) mass is 281 g/mol. The molecule has 1 atom stereocenters. The van der Waals surface area contributed by atoms with E-state index in [1.807, 2.05) is 20.8 Å². The number of ether oxygens (including phenoxy) is 1. The van der Waals surface area contributed by atoms with Crippen molar-refractivity contribution in [1.29, 1.82) is 0 Å². The van der Waals surface area contributed by atoms with Crippen LogP contribution in [0.5, 0.6) is 0 Å². The molecule has 0 aromatic carbocycles. The van der Waals surface area contributed by atoms with Crippen molar-refractivity contribution in [2.45, 2.75) is 33.0 Å². The molecular weight excluding hydrogens is 263 g/mol. The number of rotatable bonds is 6. The minimum atomic E-state index is -4.24. The van der Waals surface area contributed by atoms with Crippen molar-refractivity contribution >= 4 is 11.3 Å². The summed E-state index contributed by atoms with van der Waals surface area (Å²) < 4.78 is 40.0. The highest BCUT2D eigenvalue weighted by molar-refractivity contribution is 7.12. The third kappa shape index (κ3) is 5.37. The lowest BCUT2D eigenvalue weighted by atomic mass is 10.1. The zero-order valence-electron chi connectivity index (χ0n) is 10.7. The van der Waals surface area contributed by atoms with Gasteiger partial charge in [0, 0.05) is 22.3 Å². The molecule has 1 N–H and O–H groups in total. The molecule has 6 heteroatoms. The first-order valence-corrected chi connectivity index (χ1v) is 6.56. The topological polar surface area (TPSA) is 21.3 Å². The molecule has 0 spiro atoms. The van der Waals surface area contributed by atoms with E-state index in [9.17, 15) is 13.2 Å². The molecule has 1 aromatic rings.